The van der Waals surface area contributed by atoms with Crippen molar-refractivity contribution in [1.82, 2.24) is 9.29 Å². The SMILES string of the molecule is Cc1cc(F)cc2c(N3CCCN(S(C)(=O)=O)CC3)c(C#N)cnc12. The monoisotopic (exact) mass is 362 g/mol. The van der Waals surface area contributed by atoms with Gasteiger partial charge in [-0.1, -0.05) is 0 Å². The van der Waals surface area contributed by atoms with E-state index >= 15 is 0 Å². The largest absolute Gasteiger partial charge is 0.368 e. The summed E-state index contributed by atoms with van der Waals surface area (Å²) in [4.78, 5) is 6.27. The Labute approximate surface area is 146 Å². The highest BCUT2D eigenvalue weighted by molar-refractivity contribution is 7.88. The van der Waals surface area contributed by atoms with E-state index in [0.717, 1.165) is 0 Å². The topological polar surface area (TPSA) is 77.3 Å². The van der Waals surface area contributed by atoms with Crippen LogP contribution in [0.4, 0.5) is 10.1 Å². The van der Waals surface area contributed by atoms with Crippen LogP contribution in [0.2, 0.25) is 0 Å². The van der Waals surface area contributed by atoms with Gasteiger partial charge < -0.3 is 4.90 Å². The van der Waals surface area contributed by atoms with Gasteiger partial charge in [-0.2, -0.15) is 5.26 Å². The molecule has 0 unspecified atom stereocenters. The molecule has 1 aliphatic heterocycles. The Bertz CT molecular complexity index is 969. The van der Waals surface area contributed by atoms with Gasteiger partial charge in [-0.3, -0.25) is 4.98 Å². The normalized spacial score (nSPS) is 16.6. The molecule has 0 N–H and O–H groups in total. The number of anilines is 1. The van der Waals surface area contributed by atoms with Gasteiger partial charge >= 0.3 is 0 Å². The van der Waals surface area contributed by atoms with Crippen LogP contribution < -0.4 is 4.90 Å². The molecule has 2 heterocycles. The third kappa shape index (κ3) is 3.43. The second-order valence-electron chi connectivity index (χ2n) is 6.25. The molecule has 8 heteroatoms. The zero-order valence-electron chi connectivity index (χ0n) is 14.2. The van der Waals surface area contributed by atoms with Crippen LogP contribution in [-0.4, -0.2) is 50.1 Å². The molecule has 3 rings (SSSR count). The van der Waals surface area contributed by atoms with Crippen LogP contribution in [-0.2, 0) is 10.0 Å². The van der Waals surface area contributed by atoms with Crippen LogP contribution in [0, 0.1) is 24.1 Å². The number of hydrogen-bond acceptors (Lipinski definition) is 5. The second-order valence-corrected chi connectivity index (χ2v) is 8.24. The van der Waals surface area contributed by atoms with Crippen molar-refractivity contribution in [3.05, 3.63) is 35.3 Å². The summed E-state index contributed by atoms with van der Waals surface area (Å²) in [5.41, 5.74) is 2.35. The smallest absolute Gasteiger partial charge is 0.211 e. The van der Waals surface area contributed by atoms with Gasteiger partial charge in [-0.25, -0.2) is 17.1 Å². The molecule has 0 amide bonds. The summed E-state index contributed by atoms with van der Waals surface area (Å²) in [6.45, 7) is 3.59. The number of fused-ring (bicyclic) bond motifs is 1. The molecule has 2 aromatic rings. The Morgan fingerprint density at radius 2 is 2.00 bits per heavy atom. The quantitative estimate of drug-likeness (QED) is 0.817. The van der Waals surface area contributed by atoms with E-state index in [1.165, 1.54) is 28.9 Å². The standard InChI is InChI=1S/C17H19FN4O2S/c1-12-8-14(18)9-15-16(12)20-11-13(10-19)17(15)21-4-3-5-22(7-6-21)25(2,23)24/h8-9,11H,3-7H2,1-2H3. The minimum atomic E-state index is -3.26. The third-order valence-corrected chi connectivity index (χ3v) is 5.76. The van der Waals surface area contributed by atoms with Crippen molar-refractivity contribution in [1.29, 1.82) is 5.26 Å². The maximum atomic E-state index is 14.0. The number of aryl methyl sites for hydroxylation is 1. The third-order valence-electron chi connectivity index (χ3n) is 4.46. The molecule has 1 aromatic heterocycles. The Morgan fingerprint density at radius 1 is 1.24 bits per heavy atom. The second kappa shape index (κ2) is 6.58. The summed E-state index contributed by atoms with van der Waals surface area (Å²) in [6, 6.07) is 4.94. The molecular formula is C17H19FN4O2S. The molecule has 0 atom stereocenters. The number of hydrogen-bond donors (Lipinski definition) is 0. The lowest BCUT2D eigenvalue weighted by Crippen LogP contribution is -2.34. The highest BCUT2D eigenvalue weighted by Gasteiger charge is 2.24. The van der Waals surface area contributed by atoms with Gasteiger partial charge in [-0.15, -0.1) is 0 Å². The number of rotatable bonds is 2. The van der Waals surface area contributed by atoms with Crippen LogP contribution in [0.3, 0.4) is 0 Å². The number of benzene rings is 1. The molecule has 1 aliphatic rings. The molecule has 0 spiro atoms. The van der Waals surface area contributed by atoms with Crippen LogP contribution in [0.25, 0.3) is 10.9 Å². The molecule has 0 bridgehead atoms. The average molecular weight is 362 g/mol. The number of pyridine rings is 1. The van der Waals surface area contributed by atoms with E-state index in [-0.39, 0.29) is 5.82 Å². The van der Waals surface area contributed by atoms with Gasteiger partial charge in [-0.05, 0) is 31.0 Å². The van der Waals surface area contributed by atoms with Crippen molar-refractivity contribution in [2.45, 2.75) is 13.3 Å². The van der Waals surface area contributed by atoms with Gasteiger partial charge in [0.1, 0.15) is 11.9 Å². The van der Waals surface area contributed by atoms with Crippen LogP contribution in [0.5, 0.6) is 0 Å². The first-order valence-electron chi connectivity index (χ1n) is 8.00. The average Bonchev–Trinajstić information content (AvgIpc) is 2.79. The summed E-state index contributed by atoms with van der Waals surface area (Å²) in [6.07, 6.45) is 3.34. The fraction of sp³-hybridized carbons (Fsp3) is 0.412. The summed E-state index contributed by atoms with van der Waals surface area (Å²) in [7, 11) is -3.26. The Morgan fingerprint density at radius 3 is 2.68 bits per heavy atom. The lowest BCUT2D eigenvalue weighted by molar-refractivity contribution is 0.437. The van der Waals surface area contributed by atoms with Crippen LogP contribution in [0.1, 0.15) is 17.5 Å². The van der Waals surface area contributed by atoms with Gasteiger partial charge in [0.25, 0.3) is 0 Å². The number of aromatic nitrogens is 1. The molecular weight excluding hydrogens is 343 g/mol. The highest BCUT2D eigenvalue weighted by atomic mass is 32.2. The zero-order valence-corrected chi connectivity index (χ0v) is 15.0. The van der Waals surface area contributed by atoms with E-state index in [2.05, 4.69) is 11.1 Å². The van der Waals surface area contributed by atoms with Crippen LogP contribution in [0.15, 0.2) is 18.3 Å². The lowest BCUT2D eigenvalue weighted by Gasteiger charge is -2.25. The van der Waals surface area contributed by atoms with E-state index in [1.54, 1.807) is 6.92 Å². The van der Waals surface area contributed by atoms with Crippen molar-refractivity contribution in [3.8, 4) is 6.07 Å². The van der Waals surface area contributed by atoms with Gasteiger partial charge in [0.2, 0.25) is 10.0 Å². The van der Waals surface area contributed by atoms with Gasteiger partial charge in [0.15, 0.2) is 0 Å². The zero-order chi connectivity index (χ0) is 18.2. The number of halogens is 1. The predicted octanol–water partition coefficient (Wildman–Crippen LogP) is 2.03. The molecule has 0 saturated carbocycles. The summed E-state index contributed by atoms with van der Waals surface area (Å²) in [5.74, 6) is -0.379. The first kappa shape index (κ1) is 17.6. The summed E-state index contributed by atoms with van der Waals surface area (Å²) in [5, 5.41) is 10.1. The first-order valence-corrected chi connectivity index (χ1v) is 9.85. The van der Waals surface area contributed by atoms with Gasteiger partial charge in [0.05, 0.1) is 23.0 Å². The summed E-state index contributed by atoms with van der Waals surface area (Å²) < 4.78 is 39.0. The highest BCUT2D eigenvalue weighted by Crippen LogP contribution is 2.32. The van der Waals surface area contributed by atoms with Crippen molar-refractivity contribution < 1.29 is 12.8 Å². The molecule has 1 saturated heterocycles. The fourth-order valence-corrected chi connectivity index (χ4v) is 4.17. The maximum Gasteiger partial charge on any atom is 0.211 e. The Hall–Kier alpha value is -2.24. The van der Waals surface area contributed by atoms with Crippen molar-refractivity contribution >= 4 is 26.6 Å². The number of sulfonamides is 1. The van der Waals surface area contributed by atoms with E-state index in [0.29, 0.717) is 60.3 Å². The van der Waals surface area contributed by atoms with E-state index in [4.69, 9.17) is 0 Å². The minimum Gasteiger partial charge on any atom is -0.368 e. The molecule has 0 aliphatic carbocycles. The molecule has 1 fully saturated rings. The van der Waals surface area contributed by atoms with E-state index in [1.807, 2.05) is 4.90 Å². The molecule has 0 radical (unpaired) electrons. The Kier molecular flexibility index (Phi) is 4.62. The predicted molar refractivity (Wildman–Crippen MR) is 94.4 cm³/mol. The Balaban J connectivity index is 2.10. The van der Waals surface area contributed by atoms with Crippen LogP contribution >= 0.6 is 0 Å². The maximum absolute atomic E-state index is 14.0. The molecule has 132 valence electrons. The number of nitrogens with zero attached hydrogens (tertiary/aromatic N) is 4. The van der Waals surface area contributed by atoms with E-state index < -0.39 is 10.0 Å². The van der Waals surface area contributed by atoms with Crippen molar-refractivity contribution in [3.63, 3.8) is 0 Å². The van der Waals surface area contributed by atoms with Gasteiger partial charge in [0, 0.05) is 37.8 Å². The van der Waals surface area contributed by atoms with Crippen molar-refractivity contribution in [2.24, 2.45) is 0 Å². The number of nitriles is 1. The molecule has 6 nitrogen and oxygen atoms in total. The first-order chi connectivity index (χ1) is 11.8. The fourth-order valence-electron chi connectivity index (χ4n) is 3.29. The summed E-state index contributed by atoms with van der Waals surface area (Å²) >= 11 is 0. The molecule has 25 heavy (non-hydrogen) atoms. The molecule has 1 aromatic carbocycles. The van der Waals surface area contributed by atoms with Crippen molar-refractivity contribution in [2.75, 3.05) is 37.3 Å². The minimum absolute atomic E-state index is 0.335. The van der Waals surface area contributed by atoms with E-state index in [9.17, 15) is 18.1 Å². The lowest BCUT2D eigenvalue weighted by atomic mass is 10.0.